The van der Waals surface area contributed by atoms with Crippen LogP contribution in [0.25, 0.3) is 38.8 Å². The molecule has 10 rings (SSSR count). The second-order valence-electron chi connectivity index (χ2n) is 17.1. The zero-order chi connectivity index (χ0) is 41.1. The molecule has 1 saturated heterocycles. The summed E-state index contributed by atoms with van der Waals surface area (Å²) in [4.78, 5) is 4.64. The number of fused-ring (bicyclic) bond motifs is 7. The first-order valence-corrected chi connectivity index (χ1v) is 19.2. The molecule has 0 bridgehead atoms. The largest absolute Gasteiger partial charge is 0.509 e. The molecule has 0 N–H and O–H groups in total. The average molecular weight is 928 g/mol. The van der Waals surface area contributed by atoms with Gasteiger partial charge in [0.1, 0.15) is 5.82 Å². The normalized spacial score (nSPS) is 19.4. The third kappa shape index (κ3) is 5.58. The quantitative estimate of drug-likeness (QED) is 0.0944. The van der Waals surface area contributed by atoms with Crippen LogP contribution < -0.4 is 13.9 Å². The van der Waals surface area contributed by atoms with Gasteiger partial charge in [-0.1, -0.05) is 126 Å². The number of para-hydroxylation sites is 3. The van der Waals surface area contributed by atoms with E-state index in [4.69, 9.17) is 8.85 Å². The minimum Gasteiger partial charge on any atom is -0.509 e. The molecule has 1 unspecified atom stereocenters. The van der Waals surface area contributed by atoms with Crippen LogP contribution in [0.3, 0.4) is 0 Å². The Morgan fingerprint density at radius 1 is 0.667 bits per heavy atom. The first-order valence-electron chi connectivity index (χ1n) is 20.7. The fourth-order valence-electron chi connectivity index (χ4n) is 8.79. The van der Waals surface area contributed by atoms with E-state index in [0.717, 1.165) is 33.1 Å². The summed E-state index contributed by atoms with van der Waals surface area (Å²) in [5.74, 6) is 1.62. The average Bonchev–Trinajstić information content (AvgIpc) is 3.70. The van der Waals surface area contributed by atoms with E-state index in [1.807, 2.05) is 34.9 Å². The van der Waals surface area contributed by atoms with Crippen molar-refractivity contribution < 1.29 is 29.9 Å². The minimum atomic E-state index is -2.27. The molecule has 0 radical (unpaired) electrons. The van der Waals surface area contributed by atoms with Gasteiger partial charge in [0.05, 0.1) is 5.69 Å². The maximum Gasteiger partial charge on any atom is 0.225 e. The first kappa shape index (κ1) is 33.8. The van der Waals surface area contributed by atoms with E-state index in [0.29, 0.717) is 26.5 Å². The van der Waals surface area contributed by atoms with Crippen molar-refractivity contribution in [3.63, 3.8) is 0 Å². The van der Waals surface area contributed by atoms with Crippen LogP contribution in [0.4, 0.5) is 22.7 Å². The molecule has 0 amide bonds. The van der Waals surface area contributed by atoms with E-state index < -0.39 is 6.85 Å². The van der Waals surface area contributed by atoms with Crippen molar-refractivity contribution in [1.82, 2.24) is 18.7 Å². The van der Waals surface area contributed by atoms with E-state index in [2.05, 4.69) is 156 Å². The Morgan fingerprint density at radius 3 is 2.14 bits per heavy atom. The number of aromatic nitrogens is 2. The molecule has 57 heavy (non-hydrogen) atoms. The summed E-state index contributed by atoms with van der Waals surface area (Å²) in [6.07, 6.45) is 1.55. The van der Waals surface area contributed by atoms with Crippen LogP contribution in [0, 0.1) is 25.7 Å². The molecule has 2 aliphatic heterocycles. The van der Waals surface area contributed by atoms with Gasteiger partial charge >= 0.3 is 0 Å². The number of aryl methyl sites for hydroxylation is 1. The molecule has 4 heterocycles. The predicted octanol–water partition coefficient (Wildman–Crippen LogP) is 13.5. The molecule has 5 nitrogen and oxygen atoms in total. The number of benzene rings is 6. The molecule has 1 fully saturated rings. The van der Waals surface area contributed by atoms with Crippen molar-refractivity contribution in [2.45, 2.75) is 59.2 Å². The summed E-state index contributed by atoms with van der Waals surface area (Å²) in [5, 5.41) is 1.98. The van der Waals surface area contributed by atoms with E-state index in [9.17, 15) is 0 Å². The molecule has 2 aliphatic rings. The van der Waals surface area contributed by atoms with Gasteiger partial charge in [-0.3, -0.25) is 0 Å². The molecule has 286 valence electrons. The summed E-state index contributed by atoms with van der Waals surface area (Å²) in [7, 11) is 0. The molecule has 2 aromatic heterocycles. The van der Waals surface area contributed by atoms with E-state index in [1.54, 1.807) is 18.3 Å². The topological polar surface area (TPSA) is 27.1 Å². The maximum atomic E-state index is 8.07. The number of nitrogens with zero attached hydrogens (tertiary/aromatic N) is 4. The molecule has 0 aliphatic carbocycles. The number of pyridine rings is 1. The van der Waals surface area contributed by atoms with Crippen LogP contribution in [-0.4, -0.2) is 9.55 Å². The van der Waals surface area contributed by atoms with Crippen LogP contribution in [0.2, 0.25) is 0 Å². The van der Waals surface area contributed by atoms with Crippen LogP contribution in [0.1, 0.15) is 62.3 Å². The van der Waals surface area contributed by atoms with Gasteiger partial charge in [0.2, 0.25) is 11.4 Å². The van der Waals surface area contributed by atoms with Gasteiger partial charge in [0, 0.05) is 72.2 Å². The molecule has 8 aromatic rings. The molecule has 0 spiro atoms. The zero-order valence-electron chi connectivity index (χ0n) is 35.9. The van der Waals surface area contributed by atoms with E-state index in [-0.39, 0.29) is 37.5 Å². The summed E-state index contributed by atoms with van der Waals surface area (Å²) < 4.78 is 34.0. The third-order valence-corrected chi connectivity index (χ3v) is 11.5. The smallest absolute Gasteiger partial charge is 0.225 e. The Hall–Kier alpha value is -5.32. The number of hydrogen-bond donors (Lipinski definition) is 0. The van der Waals surface area contributed by atoms with Crippen molar-refractivity contribution >= 4 is 44.6 Å². The summed E-state index contributed by atoms with van der Waals surface area (Å²) in [6, 6.07) is 53.3. The van der Waals surface area contributed by atoms with Gasteiger partial charge in [-0.15, -0.1) is 35.2 Å². The summed E-state index contributed by atoms with van der Waals surface area (Å²) >= 11 is 0. The van der Waals surface area contributed by atoms with Gasteiger partial charge in [0.25, 0.3) is 0 Å². The SMILES string of the molecule is [2H]C([2H])([2H])c1ccnc(-n2c3[c-]c(Oc4[c-]c([N+]56[CH-][N@+]5(c5cccc(C(C)(C)C)c5-c5ccccc5)c5ccccc56)cc(C(C)(C)C)c4)ccc3c3ccccc32)c1.[Pt]. The van der Waals surface area contributed by atoms with Crippen molar-refractivity contribution in [2.75, 3.05) is 0 Å². The monoisotopic (exact) mass is 927 g/mol. The third-order valence-electron chi connectivity index (χ3n) is 11.5. The van der Waals surface area contributed by atoms with Gasteiger partial charge in [-0.25, -0.2) is 9.58 Å². The van der Waals surface area contributed by atoms with Crippen LogP contribution in [0.5, 0.6) is 11.5 Å². The Bertz CT molecular complexity index is 2980. The second kappa shape index (κ2) is 13.1. The fraction of sp³-hybridized carbons (Fsp3) is 0.176. The van der Waals surface area contributed by atoms with E-state index in [1.165, 1.54) is 33.8 Å². The minimum absolute atomic E-state index is 0. The van der Waals surface area contributed by atoms with Crippen LogP contribution >= 0.6 is 0 Å². The van der Waals surface area contributed by atoms with Gasteiger partial charge in [-0.2, -0.15) is 10.7 Å². The standard InChI is InChI=1S/C51H45N4O.Pt/c1-34-26-27-52-48(28-34)53-43-20-12-11-18-40(43)41-25-24-38(32-44(41)53)56-39-30-36(50(2,3)4)29-37(31-39)54-33-55(54,46-22-14-13-21-45(46)54)47-23-15-19-42(51(5,6)7)49(47)35-16-9-8-10-17-35;/h8-30,33H,1-7H3;/q-1;/t54?,55-;/m1./s1/i1D3;. The van der Waals surface area contributed by atoms with Crippen molar-refractivity contribution in [2.24, 2.45) is 0 Å². The number of quaternary nitrogens is 2. The van der Waals surface area contributed by atoms with Crippen LogP contribution in [0.15, 0.2) is 140 Å². The summed E-state index contributed by atoms with van der Waals surface area (Å²) in [6.45, 7) is 13.7. The van der Waals surface area contributed by atoms with Gasteiger partial charge in [-0.05, 0) is 58.0 Å². The zero-order valence-corrected chi connectivity index (χ0v) is 35.1. The number of hydrogen-bond acceptors (Lipinski definition) is 2. The molecule has 2 atom stereocenters. The summed E-state index contributed by atoms with van der Waals surface area (Å²) in [5.41, 5.74) is 11.1. The Labute approximate surface area is 354 Å². The second-order valence-corrected chi connectivity index (χ2v) is 17.1. The van der Waals surface area contributed by atoms with Crippen molar-refractivity contribution in [3.05, 3.63) is 175 Å². The van der Waals surface area contributed by atoms with Crippen molar-refractivity contribution in [1.29, 1.82) is 0 Å². The Morgan fingerprint density at radius 2 is 1.39 bits per heavy atom. The van der Waals surface area contributed by atoms with Crippen molar-refractivity contribution in [3.8, 4) is 28.4 Å². The Balaban J connectivity index is 0.00000462. The number of ether oxygens (including phenoxy) is 1. The molecular weight excluding hydrogens is 880 g/mol. The molecule has 6 heteroatoms. The van der Waals surface area contributed by atoms with Gasteiger partial charge in [0.15, 0.2) is 12.4 Å². The fourth-order valence-corrected chi connectivity index (χ4v) is 8.79. The first-order chi connectivity index (χ1) is 28.1. The number of rotatable bonds is 6. The molecule has 6 aromatic carbocycles. The molecular formula is C51H45N4OPt-. The maximum absolute atomic E-state index is 8.07. The Kier molecular flexibility index (Phi) is 7.77. The van der Waals surface area contributed by atoms with Gasteiger partial charge < -0.3 is 9.30 Å². The molecule has 0 saturated carbocycles. The predicted molar refractivity (Wildman–Crippen MR) is 230 cm³/mol. The van der Waals surface area contributed by atoms with Crippen LogP contribution in [-0.2, 0) is 31.9 Å². The van der Waals surface area contributed by atoms with E-state index >= 15 is 0 Å².